The van der Waals surface area contributed by atoms with Crippen LogP contribution < -0.4 is 9.64 Å². The Kier molecular flexibility index (Phi) is 7.68. The van der Waals surface area contributed by atoms with Crippen molar-refractivity contribution in [1.82, 2.24) is 9.97 Å². The predicted molar refractivity (Wildman–Crippen MR) is 135 cm³/mol. The molecule has 164 valence electrons. The van der Waals surface area contributed by atoms with Crippen LogP contribution in [-0.4, -0.2) is 35.0 Å². The van der Waals surface area contributed by atoms with Gasteiger partial charge in [0.15, 0.2) is 5.13 Å². The van der Waals surface area contributed by atoms with Crippen molar-refractivity contribution in [2.75, 3.05) is 24.0 Å². The molecule has 1 amide bonds. The summed E-state index contributed by atoms with van der Waals surface area (Å²) in [6.45, 7) is 0.453. The van der Waals surface area contributed by atoms with Crippen molar-refractivity contribution < 1.29 is 9.53 Å². The van der Waals surface area contributed by atoms with E-state index < -0.39 is 0 Å². The molecule has 4 rings (SSSR count). The van der Waals surface area contributed by atoms with Crippen LogP contribution in [0.25, 0.3) is 10.2 Å². The predicted octanol–water partition coefficient (Wildman–Crippen LogP) is 6.14. The molecule has 0 aliphatic carbocycles. The molecule has 0 bridgehead atoms. The number of thiazole rings is 1. The molecule has 0 aliphatic heterocycles. The van der Waals surface area contributed by atoms with Crippen LogP contribution in [0.15, 0.2) is 76.8 Å². The Hall–Kier alpha value is -2.55. The average molecular weight is 482 g/mol. The third-order valence-corrected chi connectivity index (χ3v) is 7.60. The number of hydrogen-bond donors (Lipinski definition) is 0. The van der Waals surface area contributed by atoms with Gasteiger partial charge in [-0.1, -0.05) is 17.4 Å². The number of fused-ring (bicyclic) bond motifs is 1. The summed E-state index contributed by atoms with van der Waals surface area (Å²) in [6.07, 6.45) is 6.01. The molecule has 2 aromatic heterocycles. The summed E-state index contributed by atoms with van der Waals surface area (Å²) in [5.41, 5.74) is 1.90. The van der Waals surface area contributed by atoms with Gasteiger partial charge in [-0.2, -0.15) is 0 Å². The van der Waals surface area contributed by atoms with E-state index in [1.165, 1.54) is 4.90 Å². The summed E-state index contributed by atoms with van der Waals surface area (Å²) in [7, 11) is 1.65. The summed E-state index contributed by atoms with van der Waals surface area (Å²) >= 11 is 4.92. The summed E-state index contributed by atoms with van der Waals surface area (Å²) < 4.78 is 6.29. The van der Waals surface area contributed by atoms with Gasteiger partial charge in [0.1, 0.15) is 5.75 Å². The first kappa shape index (κ1) is 22.6. The normalized spacial score (nSPS) is 10.9. The van der Waals surface area contributed by atoms with Crippen LogP contribution in [0.2, 0.25) is 0 Å². The number of aromatic nitrogens is 2. The first-order valence-electron chi connectivity index (χ1n) is 10.1. The van der Waals surface area contributed by atoms with Gasteiger partial charge in [-0.25, -0.2) is 4.98 Å². The molecule has 5 nitrogen and oxygen atoms in total. The van der Waals surface area contributed by atoms with Gasteiger partial charge in [0, 0.05) is 34.4 Å². The van der Waals surface area contributed by atoms with E-state index in [9.17, 15) is 4.79 Å². The highest BCUT2D eigenvalue weighted by atomic mass is 32.2. The smallest absolute Gasteiger partial charge is 0.229 e. The Bertz CT molecular complexity index is 1180. The number of methoxy groups -OCH3 is 1. The van der Waals surface area contributed by atoms with Crippen molar-refractivity contribution in [2.24, 2.45) is 0 Å². The minimum atomic E-state index is 0.0546. The summed E-state index contributed by atoms with van der Waals surface area (Å²) in [5, 5.41) is 0.724. The average Bonchev–Trinajstić information content (AvgIpc) is 3.26. The van der Waals surface area contributed by atoms with Crippen molar-refractivity contribution in [3.8, 4) is 5.75 Å². The molecule has 0 spiro atoms. The highest BCUT2D eigenvalue weighted by Gasteiger charge is 2.20. The van der Waals surface area contributed by atoms with E-state index in [2.05, 4.69) is 23.4 Å². The first-order valence-corrected chi connectivity index (χ1v) is 13.1. The fraction of sp³-hybridized carbons (Fsp3) is 0.208. The SMILES string of the molecule is COc1ccc(SCCC(=O)N(Cc2cccnc2)c2nc3ccc(SC)cc3s2)cc1. The van der Waals surface area contributed by atoms with Gasteiger partial charge >= 0.3 is 0 Å². The van der Waals surface area contributed by atoms with Gasteiger partial charge in [0.2, 0.25) is 5.91 Å². The maximum atomic E-state index is 13.3. The highest BCUT2D eigenvalue weighted by Crippen LogP contribution is 2.33. The van der Waals surface area contributed by atoms with Gasteiger partial charge in [-0.05, 0) is 60.4 Å². The Morgan fingerprint density at radius 3 is 2.66 bits per heavy atom. The molecular weight excluding hydrogens is 458 g/mol. The zero-order valence-electron chi connectivity index (χ0n) is 17.9. The van der Waals surface area contributed by atoms with Crippen molar-refractivity contribution >= 4 is 56.1 Å². The Morgan fingerprint density at radius 2 is 1.94 bits per heavy atom. The molecule has 0 aliphatic rings. The second kappa shape index (κ2) is 10.8. The second-order valence-electron chi connectivity index (χ2n) is 6.95. The Balaban J connectivity index is 1.51. The Labute approximate surface area is 200 Å². The van der Waals surface area contributed by atoms with Gasteiger partial charge in [0.05, 0.1) is 23.9 Å². The van der Waals surface area contributed by atoms with Gasteiger partial charge in [-0.15, -0.1) is 23.5 Å². The van der Waals surface area contributed by atoms with E-state index >= 15 is 0 Å². The molecule has 0 saturated heterocycles. The molecule has 0 N–H and O–H groups in total. The number of thioether (sulfide) groups is 2. The quantitative estimate of drug-likeness (QED) is 0.268. The minimum absolute atomic E-state index is 0.0546. The molecular formula is C24H23N3O2S3. The largest absolute Gasteiger partial charge is 0.497 e. The van der Waals surface area contributed by atoms with Crippen LogP contribution in [0, 0.1) is 0 Å². The third kappa shape index (κ3) is 5.62. The van der Waals surface area contributed by atoms with Crippen molar-refractivity contribution in [3.05, 3.63) is 72.6 Å². The summed E-state index contributed by atoms with van der Waals surface area (Å²) in [6, 6.07) is 18.0. The van der Waals surface area contributed by atoms with Gasteiger partial charge in [0.25, 0.3) is 0 Å². The number of anilines is 1. The lowest BCUT2D eigenvalue weighted by molar-refractivity contribution is -0.118. The lowest BCUT2D eigenvalue weighted by Crippen LogP contribution is -2.30. The number of pyridine rings is 1. The van der Waals surface area contributed by atoms with Crippen molar-refractivity contribution in [2.45, 2.75) is 22.8 Å². The van der Waals surface area contributed by atoms with Crippen LogP contribution >= 0.6 is 34.9 Å². The summed E-state index contributed by atoms with van der Waals surface area (Å²) in [5.74, 6) is 1.57. The number of carbonyl (C=O) groups is 1. The second-order valence-corrected chi connectivity index (χ2v) is 10.0. The van der Waals surface area contributed by atoms with Crippen LogP contribution in [0.1, 0.15) is 12.0 Å². The van der Waals surface area contributed by atoms with Gasteiger partial charge < -0.3 is 4.74 Å². The number of carbonyl (C=O) groups excluding carboxylic acids is 1. The molecule has 0 unspecified atom stereocenters. The fourth-order valence-corrected chi connectivity index (χ4v) is 5.51. The monoisotopic (exact) mass is 481 g/mol. The van der Waals surface area contributed by atoms with Crippen molar-refractivity contribution in [3.63, 3.8) is 0 Å². The number of rotatable bonds is 9. The number of benzene rings is 2. The van der Waals surface area contributed by atoms with E-state index in [0.29, 0.717) is 18.7 Å². The maximum Gasteiger partial charge on any atom is 0.229 e. The topological polar surface area (TPSA) is 55.3 Å². The lowest BCUT2D eigenvalue weighted by atomic mass is 10.2. The number of ether oxygens (including phenoxy) is 1. The number of hydrogen-bond acceptors (Lipinski definition) is 7. The highest BCUT2D eigenvalue weighted by molar-refractivity contribution is 7.99. The zero-order chi connectivity index (χ0) is 22.3. The van der Waals surface area contributed by atoms with Crippen LogP contribution in [0.3, 0.4) is 0 Å². The van der Waals surface area contributed by atoms with E-state index in [0.717, 1.165) is 31.6 Å². The van der Waals surface area contributed by atoms with Gasteiger partial charge in [-0.3, -0.25) is 14.7 Å². The minimum Gasteiger partial charge on any atom is -0.497 e. The maximum absolute atomic E-state index is 13.3. The van der Waals surface area contributed by atoms with E-state index in [1.807, 2.05) is 42.5 Å². The molecule has 2 heterocycles. The van der Waals surface area contributed by atoms with Crippen LogP contribution in [-0.2, 0) is 11.3 Å². The van der Waals surface area contributed by atoms with Crippen LogP contribution in [0.5, 0.6) is 5.75 Å². The van der Waals surface area contributed by atoms with Crippen molar-refractivity contribution in [1.29, 1.82) is 0 Å². The number of nitrogens with zero attached hydrogens (tertiary/aromatic N) is 3. The summed E-state index contributed by atoms with van der Waals surface area (Å²) in [4.78, 5) is 26.3. The molecule has 0 atom stereocenters. The molecule has 4 aromatic rings. The molecule has 0 saturated carbocycles. The standard InChI is InChI=1S/C24H23N3O2S3/c1-29-18-5-7-19(8-6-18)31-13-11-23(28)27(16-17-4-3-12-25-15-17)24-26-21-10-9-20(30-2)14-22(21)32-24/h3-10,12,14-15H,11,13,16H2,1-2H3. The molecule has 0 radical (unpaired) electrons. The lowest BCUT2D eigenvalue weighted by Gasteiger charge is -2.20. The zero-order valence-corrected chi connectivity index (χ0v) is 20.3. The van der Waals surface area contributed by atoms with E-state index in [1.54, 1.807) is 59.3 Å². The fourth-order valence-electron chi connectivity index (χ4n) is 3.14. The van der Waals surface area contributed by atoms with E-state index in [4.69, 9.17) is 9.72 Å². The number of amides is 1. The van der Waals surface area contributed by atoms with Crippen LogP contribution in [0.4, 0.5) is 5.13 Å². The Morgan fingerprint density at radius 1 is 1.12 bits per heavy atom. The molecule has 8 heteroatoms. The third-order valence-electron chi connectivity index (χ3n) is 4.82. The molecule has 32 heavy (non-hydrogen) atoms. The molecule has 2 aromatic carbocycles. The molecule has 0 fully saturated rings. The van der Waals surface area contributed by atoms with E-state index in [-0.39, 0.29) is 5.91 Å². The first-order chi connectivity index (χ1) is 15.7.